The van der Waals surface area contributed by atoms with Crippen molar-refractivity contribution in [3.8, 4) is 5.75 Å². The number of hydrogen-bond acceptors (Lipinski definition) is 3. The number of likely N-dealkylation sites (tertiary alicyclic amines) is 1. The lowest BCUT2D eigenvalue weighted by Crippen LogP contribution is -2.61. The van der Waals surface area contributed by atoms with E-state index in [1.165, 1.54) is 38.5 Å². The summed E-state index contributed by atoms with van der Waals surface area (Å²) < 4.78 is 5.30. The van der Waals surface area contributed by atoms with E-state index in [-0.39, 0.29) is 23.3 Å². The topological polar surface area (TPSA) is 58.6 Å². The number of rotatable bonds is 5. The number of nitrogens with zero attached hydrogens (tertiary/aromatic N) is 1. The number of piperidine rings is 1. The molecule has 4 aliphatic carbocycles. The fourth-order valence-electron chi connectivity index (χ4n) is 6.90. The molecule has 0 unspecified atom stereocenters. The van der Waals surface area contributed by atoms with Crippen molar-refractivity contribution in [2.45, 2.75) is 63.5 Å². The Labute approximate surface area is 173 Å². The minimum absolute atomic E-state index is 0.0465. The van der Waals surface area contributed by atoms with Crippen LogP contribution < -0.4 is 10.1 Å². The first-order chi connectivity index (χ1) is 14.0. The highest BCUT2D eigenvalue weighted by Gasteiger charge is 2.52. The Morgan fingerprint density at radius 1 is 1.17 bits per heavy atom. The minimum Gasteiger partial charge on any atom is -0.497 e. The molecule has 0 spiro atoms. The van der Waals surface area contributed by atoms with Gasteiger partial charge in [-0.1, -0.05) is 12.1 Å². The molecule has 1 saturated heterocycles. The third-order valence-electron chi connectivity index (χ3n) is 7.81. The maximum Gasteiger partial charge on any atom is 0.225 e. The molecule has 6 rings (SSSR count). The molecule has 1 aromatic carbocycles. The van der Waals surface area contributed by atoms with Gasteiger partial charge in [-0.2, -0.15) is 0 Å². The van der Waals surface area contributed by atoms with Crippen LogP contribution in [0.25, 0.3) is 0 Å². The number of ether oxygens (including phenoxy) is 1. The van der Waals surface area contributed by atoms with Crippen molar-refractivity contribution < 1.29 is 14.3 Å². The molecule has 5 nitrogen and oxygen atoms in total. The summed E-state index contributed by atoms with van der Waals surface area (Å²) in [4.78, 5) is 27.6. The first-order valence-electron chi connectivity index (χ1n) is 11.2. The van der Waals surface area contributed by atoms with Gasteiger partial charge in [-0.05, 0) is 80.4 Å². The molecule has 1 aliphatic heterocycles. The van der Waals surface area contributed by atoms with E-state index in [4.69, 9.17) is 4.74 Å². The van der Waals surface area contributed by atoms with Crippen molar-refractivity contribution in [2.24, 2.45) is 23.7 Å². The van der Waals surface area contributed by atoms with Crippen molar-refractivity contribution in [3.05, 3.63) is 29.8 Å². The maximum atomic E-state index is 13.2. The van der Waals surface area contributed by atoms with Crippen LogP contribution in [0.1, 0.15) is 56.9 Å². The molecule has 1 aromatic rings. The summed E-state index contributed by atoms with van der Waals surface area (Å²) in [6, 6.07) is 7.82. The van der Waals surface area contributed by atoms with E-state index in [0.29, 0.717) is 25.9 Å². The molecular formula is C24H32N2O3. The van der Waals surface area contributed by atoms with Gasteiger partial charge in [0.25, 0.3) is 0 Å². The number of nitrogens with one attached hydrogen (secondary N) is 1. The van der Waals surface area contributed by atoms with Gasteiger partial charge in [0.05, 0.1) is 13.0 Å². The molecule has 0 aromatic heterocycles. The molecule has 2 amide bonds. The zero-order valence-corrected chi connectivity index (χ0v) is 17.4. The standard InChI is InChI=1S/C24H32N2O3/c1-29-21-4-2-3-16(10-21)14-26-15-20(5-6-22(26)27)23(28)25-24-11-17-7-18(12-24)9-19(8-17)13-24/h2-4,10,17-20H,5-9,11-15H2,1H3,(H,25,28)/t17?,18?,19?,20-,24?/m0/s1. The predicted octanol–water partition coefficient (Wildman–Crippen LogP) is 3.52. The minimum atomic E-state index is -0.0914. The number of methoxy groups -OCH3 is 1. The largest absolute Gasteiger partial charge is 0.497 e. The first kappa shape index (κ1) is 19.0. The highest BCUT2D eigenvalue weighted by Crippen LogP contribution is 2.55. The SMILES string of the molecule is COc1cccc(CN2C[C@@H](C(=O)NC34CC5CC(CC(C5)C3)C4)CCC2=O)c1. The molecule has 1 N–H and O–H groups in total. The van der Waals surface area contributed by atoms with E-state index in [1.807, 2.05) is 29.2 Å². The predicted molar refractivity (Wildman–Crippen MR) is 110 cm³/mol. The van der Waals surface area contributed by atoms with Crippen LogP contribution in [0, 0.1) is 23.7 Å². The van der Waals surface area contributed by atoms with E-state index in [9.17, 15) is 9.59 Å². The Hall–Kier alpha value is -2.04. The van der Waals surface area contributed by atoms with Gasteiger partial charge in [-0.25, -0.2) is 0 Å². The van der Waals surface area contributed by atoms with Gasteiger partial charge in [-0.15, -0.1) is 0 Å². The average molecular weight is 397 g/mol. The van der Waals surface area contributed by atoms with E-state index in [1.54, 1.807) is 7.11 Å². The average Bonchev–Trinajstić information content (AvgIpc) is 2.68. The van der Waals surface area contributed by atoms with Crippen molar-refractivity contribution >= 4 is 11.8 Å². The van der Waals surface area contributed by atoms with E-state index in [2.05, 4.69) is 5.32 Å². The smallest absolute Gasteiger partial charge is 0.225 e. The normalized spacial score (nSPS) is 35.6. The van der Waals surface area contributed by atoms with Crippen LogP contribution in [0.5, 0.6) is 5.75 Å². The molecule has 5 aliphatic rings. The lowest BCUT2D eigenvalue weighted by Gasteiger charge is -2.57. The molecule has 4 saturated carbocycles. The van der Waals surface area contributed by atoms with Crippen LogP contribution >= 0.6 is 0 Å². The maximum absolute atomic E-state index is 13.2. The Morgan fingerprint density at radius 3 is 2.52 bits per heavy atom. The molecule has 5 fully saturated rings. The molecule has 29 heavy (non-hydrogen) atoms. The summed E-state index contributed by atoms with van der Waals surface area (Å²) in [5.74, 6) is 3.48. The van der Waals surface area contributed by atoms with Crippen LogP contribution in [-0.4, -0.2) is 35.9 Å². The van der Waals surface area contributed by atoms with Gasteiger partial charge < -0.3 is 15.0 Å². The molecule has 4 bridgehead atoms. The van der Waals surface area contributed by atoms with Crippen LogP contribution in [0.4, 0.5) is 0 Å². The van der Waals surface area contributed by atoms with E-state index < -0.39 is 0 Å². The molecule has 1 heterocycles. The fourth-order valence-corrected chi connectivity index (χ4v) is 6.90. The zero-order chi connectivity index (χ0) is 20.0. The highest BCUT2D eigenvalue weighted by atomic mass is 16.5. The fraction of sp³-hybridized carbons (Fsp3) is 0.667. The summed E-state index contributed by atoms with van der Waals surface area (Å²) in [7, 11) is 1.65. The van der Waals surface area contributed by atoms with Crippen molar-refractivity contribution in [3.63, 3.8) is 0 Å². The third-order valence-corrected chi connectivity index (χ3v) is 7.81. The van der Waals surface area contributed by atoms with Gasteiger partial charge in [0.2, 0.25) is 11.8 Å². The Balaban J connectivity index is 1.24. The molecule has 0 radical (unpaired) electrons. The Morgan fingerprint density at radius 2 is 1.86 bits per heavy atom. The lowest BCUT2D eigenvalue weighted by molar-refractivity contribution is -0.140. The Bertz CT molecular complexity index is 770. The zero-order valence-electron chi connectivity index (χ0n) is 17.4. The first-order valence-corrected chi connectivity index (χ1v) is 11.2. The number of carbonyl (C=O) groups is 2. The van der Waals surface area contributed by atoms with Crippen LogP contribution in [0.15, 0.2) is 24.3 Å². The van der Waals surface area contributed by atoms with E-state index in [0.717, 1.165) is 29.1 Å². The van der Waals surface area contributed by atoms with Gasteiger partial charge in [0, 0.05) is 25.0 Å². The second kappa shape index (κ2) is 7.33. The quantitative estimate of drug-likeness (QED) is 0.828. The molecular weight excluding hydrogens is 364 g/mol. The van der Waals surface area contributed by atoms with Gasteiger partial charge >= 0.3 is 0 Å². The third kappa shape index (κ3) is 3.76. The second-order valence-corrected chi connectivity index (χ2v) is 10.0. The van der Waals surface area contributed by atoms with Gasteiger partial charge in [-0.3, -0.25) is 9.59 Å². The number of hydrogen-bond donors (Lipinski definition) is 1. The van der Waals surface area contributed by atoms with Crippen molar-refractivity contribution in [1.82, 2.24) is 10.2 Å². The molecule has 156 valence electrons. The van der Waals surface area contributed by atoms with Crippen LogP contribution in [0.2, 0.25) is 0 Å². The number of carbonyl (C=O) groups excluding carboxylic acids is 2. The van der Waals surface area contributed by atoms with Crippen LogP contribution in [-0.2, 0) is 16.1 Å². The molecule has 1 atom stereocenters. The summed E-state index contributed by atoms with van der Waals surface area (Å²) in [6.45, 7) is 1.06. The Kier molecular flexibility index (Phi) is 4.79. The molecule has 5 heteroatoms. The summed E-state index contributed by atoms with van der Waals surface area (Å²) in [5.41, 5.74) is 1.09. The summed E-state index contributed by atoms with van der Waals surface area (Å²) in [6.07, 6.45) is 8.77. The lowest BCUT2D eigenvalue weighted by atomic mass is 9.53. The second-order valence-electron chi connectivity index (χ2n) is 10.0. The van der Waals surface area contributed by atoms with Crippen molar-refractivity contribution in [1.29, 1.82) is 0 Å². The van der Waals surface area contributed by atoms with Crippen molar-refractivity contribution in [2.75, 3.05) is 13.7 Å². The number of amides is 2. The monoisotopic (exact) mass is 396 g/mol. The van der Waals surface area contributed by atoms with Gasteiger partial charge in [0.15, 0.2) is 0 Å². The summed E-state index contributed by atoms with van der Waals surface area (Å²) >= 11 is 0. The summed E-state index contributed by atoms with van der Waals surface area (Å²) in [5, 5.41) is 3.51. The van der Waals surface area contributed by atoms with Crippen LogP contribution in [0.3, 0.4) is 0 Å². The van der Waals surface area contributed by atoms with Gasteiger partial charge in [0.1, 0.15) is 5.75 Å². The van der Waals surface area contributed by atoms with E-state index >= 15 is 0 Å². The highest BCUT2D eigenvalue weighted by molar-refractivity contribution is 5.84. The number of benzene rings is 1.